The van der Waals surface area contributed by atoms with Crippen molar-refractivity contribution in [3.8, 4) is 5.75 Å². The average molecular weight is 237 g/mol. The highest BCUT2D eigenvalue weighted by atomic mass is 32.2. The Balaban J connectivity index is 1.95. The van der Waals surface area contributed by atoms with Crippen LogP contribution >= 0.6 is 11.8 Å². The van der Waals surface area contributed by atoms with Gasteiger partial charge < -0.3 is 10.4 Å². The molecule has 0 amide bonds. The molecular weight excluding hydrogens is 218 g/mol. The smallest absolute Gasteiger partial charge is 0.115 e. The van der Waals surface area contributed by atoms with Gasteiger partial charge in [-0.2, -0.15) is 11.8 Å². The van der Waals surface area contributed by atoms with Gasteiger partial charge >= 0.3 is 0 Å². The Morgan fingerprint density at radius 2 is 2.31 bits per heavy atom. The second-order valence-corrected chi connectivity index (χ2v) is 6.03. The molecule has 0 bridgehead atoms. The van der Waals surface area contributed by atoms with E-state index in [0.29, 0.717) is 17.8 Å². The van der Waals surface area contributed by atoms with Gasteiger partial charge in [-0.1, -0.05) is 19.1 Å². The van der Waals surface area contributed by atoms with Crippen LogP contribution in [0.3, 0.4) is 0 Å². The molecule has 2 nitrogen and oxygen atoms in total. The molecule has 3 atom stereocenters. The zero-order valence-electron chi connectivity index (χ0n) is 9.81. The molecule has 2 N–H and O–H groups in total. The Morgan fingerprint density at radius 3 is 2.94 bits per heavy atom. The summed E-state index contributed by atoms with van der Waals surface area (Å²) in [6, 6.07) is 8.42. The average Bonchev–Trinajstić information content (AvgIpc) is 2.64. The monoisotopic (exact) mass is 237 g/mol. The van der Waals surface area contributed by atoms with Crippen molar-refractivity contribution >= 4 is 11.8 Å². The van der Waals surface area contributed by atoms with Crippen LogP contribution in [-0.4, -0.2) is 22.2 Å². The third kappa shape index (κ3) is 2.92. The quantitative estimate of drug-likeness (QED) is 0.848. The standard InChI is InChI=1S/C13H19NOS/c1-9-6-12(8-16-9)14-10(2)11-4-3-5-13(15)7-11/h3-5,7,9-10,12,14-15H,6,8H2,1-2H3. The van der Waals surface area contributed by atoms with E-state index in [-0.39, 0.29) is 0 Å². The molecule has 16 heavy (non-hydrogen) atoms. The van der Waals surface area contributed by atoms with Gasteiger partial charge in [0.15, 0.2) is 0 Å². The number of benzene rings is 1. The maximum absolute atomic E-state index is 9.43. The normalized spacial score (nSPS) is 26.9. The zero-order valence-corrected chi connectivity index (χ0v) is 10.6. The summed E-state index contributed by atoms with van der Waals surface area (Å²) in [5.41, 5.74) is 1.16. The van der Waals surface area contributed by atoms with Crippen molar-refractivity contribution in [3.63, 3.8) is 0 Å². The summed E-state index contributed by atoms with van der Waals surface area (Å²) in [6.45, 7) is 4.44. The number of nitrogens with one attached hydrogen (secondary N) is 1. The zero-order chi connectivity index (χ0) is 11.5. The fourth-order valence-electron chi connectivity index (χ4n) is 2.18. The van der Waals surface area contributed by atoms with E-state index in [1.807, 2.05) is 23.9 Å². The molecule has 1 aliphatic heterocycles. The molecule has 0 aromatic heterocycles. The molecule has 1 heterocycles. The highest BCUT2D eigenvalue weighted by molar-refractivity contribution is 8.00. The molecule has 3 unspecified atom stereocenters. The molecule has 0 spiro atoms. The SMILES string of the molecule is CC1CC(NC(C)c2cccc(O)c2)CS1. The number of phenolic OH excluding ortho intramolecular Hbond substituents is 1. The predicted molar refractivity (Wildman–Crippen MR) is 70.0 cm³/mol. The van der Waals surface area contributed by atoms with Gasteiger partial charge in [0.2, 0.25) is 0 Å². The number of hydrogen-bond acceptors (Lipinski definition) is 3. The van der Waals surface area contributed by atoms with Crippen molar-refractivity contribution in [2.24, 2.45) is 0 Å². The van der Waals surface area contributed by atoms with Crippen LogP contribution < -0.4 is 5.32 Å². The highest BCUT2D eigenvalue weighted by Crippen LogP contribution is 2.28. The van der Waals surface area contributed by atoms with Crippen LogP contribution in [0.15, 0.2) is 24.3 Å². The van der Waals surface area contributed by atoms with Crippen LogP contribution in [-0.2, 0) is 0 Å². The Hall–Kier alpha value is -0.670. The first-order chi connectivity index (χ1) is 7.65. The molecule has 2 rings (SSSR count). The van der Waals surface area contributed by atoms with Crippen molar-refractivity contribution < 1.29 is 5.11 Å². The summed E-state index contributed by atoms with van der Waals surface area (Å²) >= 11 is 2.03. The molecular formula is C13H19NOS. The maximum atomic E-state index is 9.43. The topological polar surface area (TPSA) is 32.3 Å². The van der Waals surface area contributed by atoms with Gasteiger partial charge in [0, 0.05) is 23.1 Å². The first kappa shape index (κ1) is 11.8. The molecule has 1 aliphatic rings. The highest BCUT2D eigenvalue weighted by Gasteiger charge is 2.23. The first-order valence-electron chi connectivity index (χ1n) is 5.81. The van der Waals surface area contributed by atoms with Gasteiger partial charge in [-0.25, -0.2) is 0 Å². The second-order valence-electron chi connectivity index (χ2n) is 4.56. The van der Waals surface area contributed by atoms with Crippen LogP contribution in [0, 0.1) is 0 Å². The fraction of sp³-hybridized carbons (Fsp3) is 0.538. The van der Waals surface area contributed by atoms with E-state index >= 15 is 0 Å². The Morgan fingerprint density at radius 1 is 1.50 bits per heavy atom. The number of thioether (sulfide) groups is 1. The summed E-state index contributed by atoms with van der Waals surface area (Å²) in [4.78, 5) is 0. The summed E-state index contributed by atoms with van der Waals surface area (Å²) in [5.74, 6) is 1.55. The summed E-state index contributed by atoms with van der Waals surface area (Å²) in [7, 11) is 0. The number of phenols is 1. The number of aromatic hydroxyl groups is 1. The Kier molecular flexibility index (Phi) is 3.77. The van der Waals surface area contributed by atoms with Gasteiger partial charge in [-0.05, 0) is 31.0 Å². The van der Waals surface area contributed by atoms with E-state index in [4.69, 9.17) is 0 Å². The van der Waals surface area contributed by atoms with Crippen LogP contribution in [0.2, 0.25) is 0 Å². The third-order valence-corrected chi connectivity index (χ3v) is 4.41. The predicted octanol–water partition coefficient (Wildman–Crippen LogP) is 2.94. The van der Waals surface area contributed by atoms with Gasteiger partial charge in [0.05, 0.1) is 0 Å². The van der Waals surface area contributed by atoms with E-state index in [0.717, 1.165) is 10.8 Å². The molecule has 1 aromatic rings. The van der Waals surface area contributed by atoms with Gasteiger partial charge in [-0.3, -0.25) is 0 Å². The summed E-state index contributed by atoms with van der Waals surface area (Å²) in [5, 5.41) is 13.8. The maximum Gasteiger partial charge on any atom is 0.115 e. The minimum atomic E-state index is 0.308. The van der Waals surface area contributed by atoms with Crippen LogP contribution in [0.25, 0.3) is 0 Å². The lowest BCUT2D eigenvalue weighted by Gasteiger charge is -2.19. The molecule has 1 fully saturated rings. The summed E-state index contributed by atoms with van der Waals surface area (Å²) in [6.07, 6.45) is 1.24. The number of hydrogen-bond donors (Lipinski definition) is 2. The molecule has 0 aliphatic carbocycles. The third-order valence-electron chi connectivity index (χ3n) is 3.05. The van der Waals surface area contributed by atoms with Gasteiger partial charge in [0.25, 0.3) is 0 Å². The van der Waals surface area contributed by atoms with Crippen LogP contribution in [0.4, 0.5) is 0 Å². The molecule has 1 aromatic carbocycles. The van der Waals surface area contributed by atoms with E-state index < -0.39 is 0 Å². The van der Waals surface area contributed by atoms with Crippen LogP contribution in [0.1, 0.15) is 31.9 Å². The van der Waals surface area contributed by atoms with E-state index in [9.17, 15) is 5.11 Å². The molecule has 3 heteroatoms. The largest absolute Gasteiger partial charge is 0.508 e. The molecule has 0 radical (unpaired) electrons. The second kappa shape index (κ2) is 5.11. The van der Waals surface area contributed by atoms with E-state index in [1.54, 1.807) is 6.07 Å². The number of rotatable bonds is 3. The van der Waals surface area contributed by atoms with Crippen LogP contribution in [0.5, 0.6) is 5.75 Å². The van der Waals surface area contributed by atoms with Crippen molar-refractivity contribution in [1.82, 2.24) is 5.32 Å². The minimum Gasteiger partial charge on any atom is -0.508 e. The van der Waals surface area contributed by atoms with Crippen molar-refractivity contribution in [3.05, 3.63) is 29.8 Å². The molecule has 0 saturated carbocycles. The molecule has 88 valence electrons. The van der Waals surface area contributed by atoms with Crippen molar-refractivity contribution in [2.45, 2.75) is 37.6 Å². The van der Waals surface area contributed by atoms with E-state index in [2.05, 4.69) is 25.2 Å². The molecule has 1 saturated heterocycles. The lowest BCUT2D eigenvalue weighted by atomic mass is 10.1. The fourth-order valence-corrected chi connectivity index (χ4v) is 3.34. The van der Waals surface area contributed by atoms with Gasteiger partial charge in [0.1, 0.15) is 5.75 Å². The minimum absolute atomic E-state index is 0.308. The van der Waals surface area contributed by atoms with E-state index in [1.165, 1.54) is 12.2 Å². The Labute approximate surface area is 101 Å². The summed E-state index contributed by atoms with van der Waals surface area (Å²) < 4.78 is 0. The first-order valence-corrected chi connectivity index (χ1v) is 6.86. The lowest BCUT2D eigenvalue weighted by Crippen LogP contribution is -2.31. The van der Waals surface area contributed by atoms with Gasteiger partial charge in [-0.15, -0.1) is 0 Å². The van der Waals surface area contributed by atoms with Crippen molar-refractivity contribution in [2.75, 3.05) is 5.75 Å². The van der Waals surface area contributed by atoms with Crippen molar-refractivity contribution in [1.29, 1.82) is 0 Å². The lowest BCUT2D eigenvalue weighted by molar-refractivity contribution is 0.460. The Bertz CT molecular complexity index is 356.